The molecule has 140 valence electrons. The lowest BCUT2D eigenvalue weighted by molar-refractivity contribution is -0.193. The van der Waals surface area contributed by atoms with Gasteiger partial charge in [0.05, 0.1) is 6.61 Å². The Morgan fingerprint density at radius 2 is 1.67 bits per heavy atom. The molecule has 4 aliphatic rings. The fourth-order valence-electron chi connectivity index (χ4n) is 5.58. The number of hydrogen-bond acceptors (Lipinski definition) is 4. The monoisotopic (exact) mass is 360 g/mol. The molecule has 2 atom stereocenters. The zero-order chi connectivity index (χ0) is 17.4. The van der Waals surface area contributed by atoms with Crippen molar-refractivity contribution in [2.75, 3.05) is 6.61 Å². The van der Waals surface area contributed by atoms with E-state index >= 15 is 0 Å². The number of hydrogen-bond donors (Lipinski definition) is 1. The van der Waals surface area contributed by atoms with Crippen molar-refractivity contribution in [1.82, 2.24) is 0 Å². The molecule has 24 heavy (non-hydrogen) atoms. The second-order valence-electron chi connectivity index (χ2n) is 8.52. The van der Waals surface area contributed by atoms with Crippen molar-refractivity contribution in [1.29, 1.82) is 0 Å². The van der Waals surface area contributed by atoms with Crippen molar-refractivity contribution >= 4 is 10.1 Å². The predicted molar refractivity (Wildman–Crippen MR) is 92.0 cm³/mol. The number of rotatable bonds is 9. The van der Waals surface area contributed by atoms with E-state index in [1.54, 1.807) is 0 Å². The van der Waals surface area contributed by atoms with Crippen LogP contribution >= 0.6 is 0 Å². The van der Waals surface area contributed by atoms with E-state index in [2.05, 4.69) is 6.92 Å². The van der Waals surface area contributed by atoms with E-state index in [0.29, 0.717) is 13.0 Å². The minimum absolute atomic E-state index is 0.282. The third-order valence-electron chi connectivity index (χ3n) is 6.30. The molecule has 0 spiro atoms. The topological polar surface area (TPSA) is 72.8 Å². The molecule has 0 aromatic carbocycles. The third-order valence-corrected chi connectivity index (χ3v) is 7.25. The van der Waals surface area contributed by atoms with Crippen LogP contribution in [0.25, 0.3) is 0 Å². The van der Waals surface area contributed by atoms with Crippen LogP contribution in [-0.2, 0) is 19.6 Å². The molecule has 4 rings (SSSR count). The molecule has 0 amide bonds. The van der Waals surface area contributed by atoms with Crippen molar-refractivity contribution in [3.8, 4) is 0 Å². The van der Waals surface area contributed by atoms with Gasteiger partial charge in [-0.1, -0.05) is 13.3 Å². The van der Waals surface area contributed by atoms with Gasteiger partial charge in [-0.05, 0) is 81.5 Å². The van der Waals surface area contributed by atoms with Gasteiger partial charge >= 0.3 is 0 Å². The van der Waals surface area contributed by atoms with Crippen molar-refractivity contribution in [3.05, 3.63) is 0 Å². The summed E-state index contributed by atoms with van der Waals surface area (Å²) in [7, 11) is -4.19. The molecule has 4 fully saturated rings. The summed E-state index contributed by atoms with van der Waals surface area (Å²) in [6.45, 7) is 4.12. The van der Waals surface area contributed by atoms with Gasteiger partial charge in [-0.25, -0.2) is 0 Å². The smallest absolute Gasteiger partial charge is 0.292 e. The minimum atomic E-state index is -4.19. The van der Waals surface area contributed by atoms with Crippen LogP contribution in [0.3, 0.4) is 0 Å². The maximum Gasteiger partial charge on any atom is 0.292 e. The molecule has 4 bridgehead atoms. The highest BCUT2D eigenvalue weighted by Gasteiger charge is 2.51. The fraction of sp³-hybridized carbons (Fsp3) is 1.00. The van der Waals surface area contributed by atoms with E-state index < -0.39 is 21.8 Å². The lowest BCUT2D eigenvalue weighted by Crippen LogP contribution is -2.48. The Kier molecular flexibility index (Phi) is 5.60. The van der Waals surface area contributed by atoms with E-state index in [1.807, 2.05) is 0 Å². The van der Waals surface area contributed by atoms with Crippen LogP contribution in [0.1, 0.15) is 71.6 Å². The van der Waals surface area contributed by atoms with Gasteiger partial charge < -0.3 is 9.47 Å². The summed E-state index contributed by atoms with van der Waals surface area (Å²) in [5.41, 5.74) is -0.958. The molecule has 0 aliphatic heterocycles. The molecule has 4 saturated carbocycles. The molecule has 2 unspecified atom stereocenters. The summed E-state index contributed by atoms with van der Waals surface area (Å²) in [5, 5.41) is 0. The lowest BCUT2D eigenvalue weighted by atomic mass is 9.50. The second kappa shape index (κ2) is 7.22. The van der Waals surface area contributed by atoms with Crippen LogP contribution in [0.2, 0.25) is 0 Å². The molecule has 0 heterocycles. The van der Waals surface area contributed by atoms with Gasteiger partial charge in [0.2, 0.25) is 0 Å². The third kappa shape index (κ3) is 4.32. The number of unbranched alkanes of at least 4 members (excludes halogenated alkanes) is 1. The Hall–Kier alpha value is -0.170. The predicted octanol–water partition coefficient (Wildman–Crippen LogP) is 3.99. The largest absolute Gasteiger partial charge is 0.352 e. The van der Waals surface area contributed by atoms with Gasteiger partial charge in [0.1, 0.15) is 0 Å². The van der Waals surface area contributed by atoms with Crippen molar-refractivity contribution in [2.45, 2.75) is 83.4 Å². The summed E-state index contributed by atoms with van der Waals surface area (Å²) in [6, 6.07) is 0. The molecule has 0 radical (unpaired) electrons. The van der Waals surface area contributed by atoms with Gasteiger partial charge in [-0.3, -0.25) is 4.55 Å². The highest BCUT2D eigenvalue weighted by molar-refractivity contribution is 7.86. The van der Waals surface area contributed by atoms with Gasteiger partial charge in [-0.2, -0.15) is 8.42 Å². The van der Waals surface area contributed by atoms with Crippen molar-refractivity contribution in [3.63, 3.8) is 0 Å². The van der Waals surface area contributed by atoms with Gasteiger partial charge in [0, 0.05) is 0 Å². The average molecular weight is 361 g/mol. The molecule has 4 aliphatic carbocycles. The van der Waals surface area contributed by atoms with Gasteiger partial charge in [0.15, 0.2) is 11.7 Å². The van der Waals surface area contributed by atoms with Crippen LogP contribution < -0.4 is 0 Å². The molecule has 0 saturated heterocycles. The zero-order valence-electron chi connectivity index (χ0n) is 14.9. The summed E-state index contributed by atoms with van der Waals surface area (Å²) < 4.78 is 43.3. The van der Waals surface area contributed by atoms with Crippen LogP contribution in [0.15, 0.2) is 0 Å². The quantitative estimate of drug-likeness (QED) is 0.497. The highest BCUT2D eigenvalue weighted by atomic mass is 32.2. The first-order valence-electron chi connectivity index (χ1n) is 9.53. The van der Waals surface area contributed by atoms with E-state index in [1.165, 1.54) is 45.4 Å². The first-order chi connectivity index (χ1) is 11.3. The van der Waals surface area contributed by atoms with Crippen LogP contribution in [0, 0.1) is 23.2 Å². The first-order valence-corrected chi connectivity index (χ1v) is 11.0. The maximum atomic E-state index is 11.2. The highest BCUT2D eigenvalue weighted by Crippen LogP contribution is 2.60. The maximum absolute atomic E-state index is 11.2. The SMILES string of the molecule is CCCCC(OCC12CC3CC(CC(C3)C1)C2)OC(C)S(=O)(=O)O. The second-order valence-corrected chi connectivity index (χ2v) is 10.2. The Morgan fingerprint density at radius 1 is 1.12 bits per heavy atom. The van der Waals surface area contributed by atoms with Crippen molar-refractivity contribution < 1.29 is 22.4 Å². The zero-order valence-corrected chi connectivity index (χ0v) is 15.8. The summed E-state index contributed by atoms with van der Waals surface area (Å²) in [5.74, 6) is 2.60. The standard InChI is InChI=1S/C18H32O5S/c1-3-4-5-17(23-13(2)24(19,20)21)22-12-18-9-14-6-15(10-18)8-16(7-14)11-18/h13-17H,3-12H2,1-2H3,(H,19,20,21). The number of ether oxygens (including phenoxy) is 2. The van der Waals surface area contributed by atoms with E-state index in [4.69, 9.17) is 14.0 Å². The average Bonchev–Trinajstić information content (AvgIpc) is 2.47. The van der Waals surface area contributed by atoms with E-state index in [0.717, 1.165) is 30.6 Å². The summed E-state index contributed by atoms with van der Waals surface area (Å²) >= 11 is 0. The first kappa shape index (κ1) is 18.6. The van der Waals surface area contributed by atoms with E-state index in [-0.39, 0.29) is 5.41 Å². The van der Waals surface area contributed by atoms with Crippen LogP contribution in [-0.4, -0.2) is 31.3 Å². The Labute approximate surface area is 146 Å². The Bertz CT molecular complexity index is 494. The van der Waals surface area contributed by atoms with Gasteiger partial charge in [0.25, 0.3) is 10.1 Å². The molecule has 0 aromatic heterocycles. The Balaban J connectivity index is 1.58. The lowest BCUT2D eigenvalue weighted by Gasteiger charge is -2.56. The minimum Gasteiger partial charge on any atom is -0.352 e. The summed E-state index contributed by atoms with van der Waals surface area (Å²) in [6.07, 6.45) is 10.0. The molecule has 5 nitrogen and oxygen atoms in total. The van der Waals surface area contributed by atoms with Crippen molar-refractivity contribution in [2.24, 2.45) is 23.2 Å². The van der Waals surface area contributed by atoms with Crippen LogP contribution in [0.5, 0.6) is 0 Å². The molecule has 0 aromatic rings. The molecule has 1 N–H and O–H groups in total. The summed E-state index contributed by atoms with van der Waals surface area (Å²) in [4.78, 5) is 0. The Morgan fingerprint density at radius 3 is 2.12 bits per heavy atom. The molecular weight excluding hydrogens is 328 g/mol. The van der Waals surface area contributed by atoms with Crippen LogP contribution in [0.4, 0.5) is 0 Å². The van der Waals surface area contributed by atoms with E-state index in [9.17, 15) is 8.42 Å². The normalized spacial score (nSPS) is 37.5. The van der Waals surface area contributed by atoms with Gasteiger partial charge in [-0.15, -0.1) is 0 Å². The fourth-order valence-corrected chi connectivity index (χ4v) is 5.85. The molecular formula is C18H32O5S. The molecule has 6 heteroatoms.